The zero-order valence-corrected chi connectivity index (χ0v) is 18.0. The third-order valence-corrected chi connectivity index (χ3v) is 5.40. The monoisotopic (exact) mass is 441 g/mol. The molecule has 5 nitrogen and oxygen atoms in total. The van der Waals surface area contributed by atoms with Crippen molar-refractivity contribution in [3.63, 3.8) is 0 Å². The zero-order valence-electron chi connectivity index (χ0n) is 16.4. The third kappa shape index (κ3) is 4.68. The van der Waals surface area contributed by atoms with E-state index in [-0.39, 0.29) is 17.9 Å². The maximum atomic E-state index is 12.6. The van der Waals surface area contributed by atoms with E-state index in [1.54, 1.807) is 12.1 Å². The summed E-state index contributed by atoms with van der Waals surface area (Å²) in [6.45, 7) is 7.20. The van der Waals surface area contributed by atoms with E-state index < -0.39 is 0 Å². The minimum Gasteiger partial charge on any atom is -0.356 e. The standard InChI is InChI=1S/C22H24BrN3O2/c1-14-10-15(2)18(16(3)11-14)6-8-24-21(27)7-9-26-13-25-20-5-4-17(23)12-19(20)22(26)28/h4-5,10-13H,6-9H2,1-3H3,(H,24,27). The molecule has 1 amide bonds. The molecule has 0 radical (unpaired) electrons. The average molecular weight is 442 g/mol. The molecule has 0 saturated heterocycles. The molecule has 6 heteroatoms. The minimum atomic E-state index is -0.134. The summed E-state index contributed by atoms with van der Waals surface area (Å²) < 4.78 is 2.32. The lowest BCUT2D eigenvalue weighted by molar-refractivity contribution is -0.121. The fraction of sp³-hybridized carbons (Fsp3) is 0.318. The minimum absolute atomic E-state index is 0.0661. The number of carbonyl (C=O) groups excluding carboxylic acids is 1. The van der Waals surface area contributed by atoms with Gasteiger partial charge in [-0.25, -0.2) is 4.98 Å². The summed E-state index contributed by atoms with van der Waals surface area (Å²) >= 11 is 3.37. The molecule has 0 fully saturated rings. The number of hydrogen-bond acceptors (Lipinski definition) is 3. The predicted molar refractivity (Wildman–Crippen MR) is 116 cm³/mol. The van der Waals surface area contributed by atoms with E-state index in [0.29, 0.717) is 24.0 Å². The Labute approximate surface area is 172 Å². The van der Waals surface area contributed by atoms with Crippen LogP contribution < -0.4 is 10.9 Å². The zero-order chi connectivity index (χ0) is 20.3. The summed E-state index contributed by atoms with van der Waals surface area (Å²) in [5.41, 5.74) is 5.57. The number of amides is 1. The van der Waals surface area contributed by atoms with E-state index in [9.17, 15) is 9.59 Å². The fourth-order valence-electron chi connectivity index (χ4n) is 3.53. The van der Waals surface area contributed by atoms with Crippen molar-refractivity contribution in [2.75, 3.05) is 6.54 Å². The van der Waals surface area contributed by atoms with Gasteiger partial charge in [-0.1, -0.05) is 33.6 Å². The number of nitrogens with one attached hydrogen (secondary N) is 1. The fourth-order valence-corrected chi connectivity index (χ4v) is 3.89. The van der Waals surface area contributed by atoms with Crippen LogP contribution in [0.2, 0.25) is 0 Å². The lowest BCUT2D eigenvalue weighted by atomic mass is 9.97. The van der Waals surface area contributed by atoms with Crippen molar-refractivity contribution >= 4 is 32.7 Å². The molecule has 3 aromatic rings. The second kappa shape index (κ2) is 8.69. The molecule has 1 N–H and O–H groups in total. The van der Waals surface area contributed by atoms with Gasteiger partial charge in [-0.05, 0) is 62.1 Å². The molecule has 28 heavy (non-hydrogen) atoms. The third-order valence-electron chi connectivity index (χ3n) is 4.90. The van der Waals surface area contributed by atoms with E-state index >= 15 is 0 Å². The summed E-state index contributed by atoms with van der Waals surface area (Å²) in [6.07, 6.45) is 2.55. The lowest BCUT2D eigenvalue weighted by Gasteiger charge is -2.12. The summed E-state index contributed by atoms with van der Waals surface area (Å²) in [4.78, 5) is 29.1. The van der Waals surface area contributed by atoms with E-state index in [2.05, 4.69) is 59.1 Å². The van der Waals surface area contributed by atoms with E-state index in [0.717, 1.165) is 10.9 Å². The normalized spacial score (nSPS) is 11.0. The van der Waals surface area contributed by atoms with Crippen LogP contribution in [-0.4, -0.2) is 22.0 Å². The lowest BCUT2D eigenvalue weighted by Crippen LogP contribution is -2.29. The number of benzene rings is 2. The van der Waals surface area contributed by atoms with Crippen LogP contribution in [0.1, 0.15) is 28.7 Å². The van der Waals surface area contributed by atoms with Gasteiger partial charge in [0.2, 0.25) is 5.91 Å². The van der Waals surface area contributed by atoms with Crippen LogP contribution in [0.15, 0.2) is 45.9 Å². The van der Waals surface area contributed by atoms with Crippen LogP contribution in [0.25, 0.3) is 10.9 Å². The van der Waals surface area contributed by atoms with Crippen molar-refractivity contribution in [3.8, 4) is 0 Å². The summed E-state index contributed by atoms with van der Waals surface area (Å²) in [5.74, 6) is -0.0661. The van der Waals surface area contributed by atoms with Crippen LogP contribution in [0.3, 0.4) is 0 Å². The molecular weight excluding hydrogens is 418 g/mol. The summed E-state index contributed by atoms with van der Waals surface area (Å²) in [6, 6.07) is 9.74. The number of aryl methyl sites for hydroxylation is 4. The Hall–Kier alpha value is -2.47. The van der Waals surface area contributed by atoms with Gasteiger partial charge >= 0.3 is 0 Å². The van der Waals surface area contributed by atoms with Crippen molar-refractivity contribution in [1.82, 2.24) is 14.9 Å². The summed E-state index contributed by atoms with van der Waals surface area (Å²) in [7, 11) is 0. The highest BCUT2D eigenvalue weighted by atomic mass is 79.9. The molecule has 0 aliphatic heterocycles. The van der Waals surface area contributed by atoms with Crippen LogP contribution in [0.5, 0.6) is 0 Å². The Balaban J connectivity index is 1.57. The van der Waals surface area contributed by atoms with Crippen LogP contribution in [0, 0.1) is 20.8 Å². The van der Waals surface area contributed by atoms with Gasteiger partial charge in [0.05, 0.1) is 17.2 Å². The van der Waals surface area contributed by atoms with Crippen LogP contribution in [-0.2, 0) is 17.8 Å². The van der Waals surface area contributed by atoms with Crippen molar-refractivity contribution in [2.24, 2.45) is 0 Å². The highest BCUT2D eigenvalue weighted by Crippen LogP contribution is 2.17. The first-order valence-corrected chi connectivity index (χ1v) is 10.1. The molecule has 2 aromatic carbocycles. The number of fused-ring (bicyclic) bond motifs is 1. The van der Waals surface area contributed by atoms with Gasteiger partial charge in [0.15, 0.2) is 0 Å². The van der Waals surface area contributed by atoms with Crippen molar-refractivity contribution in [1.29, 1.82) is 0 Å². The molecule has 0 unspecified atom stereocenters. The maximum Gasteiger partial charge on any atom is 0.261 e. The van der Waals surface area contributed by atoms with Crippen LogP contribution in [0.4, 0.5) is 0 Å². The number of nitrogens with zero attached hydrogens (tertiary/aromatic N) is 2. The molecule has 0 aliphatic carbocycles. The predicted octanol–water partition coefficient (Wildman–Crippen LogP) is 3.83. The number of aromatic nitrogens is 2. The Morgan fingerprint density at radius 3 is 2.57 bits per heavy atom. The molecule has 0 aliphatic rings. The molecule has 146 valence electrons. The second-order valence-corrected chi connectivity index (χ2v) is 8.05. The van der Waals surface area contributed by atoms with Gasteiger partial charge in [0, 0.05) is 24.0 Å². The molecule has 1 aromatic heterocycles. The van der Waals surface area contributed by atoms with Crippen molar-refractivity contribution < 1.29 is 4.79 Å². The molecule has 3 rings (SSSR count). The highest BCUT2D eigenvalue weighted by molar-refractivity contribution is 9.10. The molecule has 0 atom stereocenters. The van der Waals surface area contributed by atoms with Crippen LogP contribution >= 0.6 is 15.9 Å². The molecule has 1 heterocycles. The first-order chi connectivity index (χ1) is 13.3. The Bertz CT molecular complexity index is 1070. The first kappa shape index (κ1) is 20.3. The number of rotatable bonds is 6. The summed E-state index contributed by atoms with van der Waals surface area (Å²) in [5, 5.41) is 3.50. The molecule has 0 spiro atoms. The highest BCUT2D eigenvalue weighted by Gasteiger charge is 2.08. The van der Waals surface area contributed by atoms with Gasteiger partial charge in [0.1, 0.15) is 0 Å². The van der Waals surface area contributed by atoms with Gasteiger partial charge < -0.3 is 5.32 Å². The number of halogens is 1. The molecule has 0 bridgehead atoms. The van der Waals surface area contributed by atoms with Gasteiger partial charge in [-0.15, -0.1) is 0 Å². The molecular formula is C22H24BrN3O2. The van der Waals surface area contributed by atoms with E-state index in [1.807, 2.05) is 6.07 Å². The van der Waals surface area contributed by atoms with Gasteiger partial charge in [-0.3, -0.25) is 14.2 Å². The SMILES string of the molecule is Cc1cc(C)c(CCNC(=O)CCn2cnc3ccc(Br)cc3c2=O)c(C)c1. The number of carbonyl (C=O) groups is 1. The largest absolute Gasteiger partial charge is 0.356 e. The van der Waals surface area contributed by atoms with Gasteiger partial charge in [-0.2, -0.15) is 0 Å². The van der Waals surface area contributed by atoms with Crippen molar-refractivity contribution in [3.05, 3.63) is 73.7 Å². The van der Waals surface area contributed by atoms with E-state index in [1.165, 1.54) is 33.1 Å². The average Bonchev–Trinajstić information content (AvgIpc) is 2.63. The molecule has 0 saturated carbocycles. The number of hydrogen-bond donors (Lipinski definition) is 1. The first-order valence-electron chi connectivity index (χ1n) is 9.33. The second-order valence-electron chi connectivity index (χ2n) is 7.13. The smallest absolute Gasteiger partial charge is 0.261 e. The topological polar surface area (TPSA) is 64.0 Å². The van der Waals surface area contributed by atoms with E-state index in [4.69, 9.17) is 0 Å². The Morgan fingerprint density at radius 1 is 1.14 bits per heavy atom. The quantitative estimate of drug-likeness (QED) is 0.631. The van der Waals surface area contributed by atoms with Gasteiger partial charge in [0.25, 0.3) is 5.56 Å². The Kier molecular flexibility index (Phi) is 6.29. The Morgan fingerprint density at radius 2 is 1.86 bits per heavy atom. The maximum absolute atomic E-state index is 12.6. The van der Waals surface area contributed by atoms with Crippen molar-refractivity contribution in [2.45, 2.75) is 40.2 Å².